The van der Waals surface area contributed by atoms with E-state index in [2.05, 4.69) is 54.7 Å². The monoisotopic (exact) mass is 352 g/mol. The van der Waals surface area contributed by atoms with Crippen LogP contribution in [0.25, 0.3) is 0 Å². The van der Waals surface area contributed by atoms with Crippen molar-refractivity contribution in [1.82, 2.24) is 0 Å². The number of hydrogen-bond acceptors (Lipinski definition) is 0. The molecule has 11 heavy (non-hydrogen) atoms. The largest absolute Gasteiger partial charge is 0.220 e. The van der Waals surface area contributed by atoms with E-state index in [1.165, 1.54) is 0 Å². The van der Waals surface area contributed by atoms with E-state index >= 15 is 0 Å². The minimum absolute atomic E-state index is 0.256. The van der Waals surface area contributed by atoms with Gasteiger partial charge in [-0.25, -0.2) is 4.39 Å². The quantitative estimate of drug-likeness (QED) is 0.625. The van der Waals surface area contributed by atoms with Gasteiger partial charge in [-0.3, -0.25) is 0 Å². The molecule has 0 aliphatic carbocycles. The summed E-state index contributed by atoms with van der Waals surface area (Å²) in [6.45, 7) is 2.13. The summed E-state index contributed by atoms with van der Waals surface area (Å²) in [4.78, 5) is 0.256. The highest BCUT2D eigenvalue weighted by molar-refractivity contribution is 9.25. The van der Waals surface area contributed by atoms with Crippen LogP contribution in [0.15, 0.2) is 0 Å². The summed E-state index contributed by atoms with van der Waals surface area (Å²) in [5, 5.41) is 0. The van der Waals surface area contributed by atoms with Gasteiger partial charge in [-0.05, 0) is 38.3 Å². The highest BCUT2D eigenvalue weighted by atomic mass is 79.9. The minimum atomic E-state index is -1.40. The maximum absolute atomic E-state index is 12.9. The first-order valence-electron chi connectivity index (χ1n) is 3.66. The van der Waals surface area contributed by atoms with Crippen LogP contribution in [0.4, 0.5) is 4.39 Å². The maximum Gasteiger partial charge on any atom is 0.220 e. The predicted molar refractivity (Wildman–Crippen MR) is 58.6 cm³/mol. The zero-order valence-corrected chi connectivity index (χ0v) is 11.2. The van der Waals surface area contributed by atoms with Crippen molar-refractivity contribution in [1.29, 1.82) is 0 Å². The van der Waals surface area contributed by atoms with Gasteiger partial charge in [0.2, 0.25) is 3.49 Å². The van der Waals surface area contributed by atoms with Crippen LogP contribution in [0.1, 0.15) is 32.6 Å². The molecule has 0 amide bonds. The molecule has 1 unspecified atom stereocenters. The topological polar surface area (TPSA) is 0 Å². The average molecular weight is 355 g/mol. The van der Waals surface area contributed by atoms with Gasteiger partial charge < -0.3 is 0 Å². The van der Waals surface area contributed by atoms with Crippen molar-refractivity contribution in [2.45, 2.75) is 40.9 Å². The third-order valence-electron chi connectivity index (χ3n) is 1.32. The Labute approximate surface area is 92.7 Å². The Morgan fingerprint density at radius 3 is 2.36 bits per heavy atom. The summed E-state index contributed by atoms with van der Waals surface area (Å²) < 4.78 is 11.5. The molecule has 0 radical (unpaired) electrons. The fraction of sp³-hybridized carbons (Fsp3) is 1.00. The van der Waals surface area contributed by atoms with Crippen LogP contribution in [0, 0.1) is 0 Å². The number of alkyl halides is 4. The Hall–Kier alpha value is 1.37. The summed E-state index contributed by atoms with van der Waals surface area (Å²) in [5.74, 6) is 0. The molecule has 0 aliphatic rings. The lowest BCUT2D eigenvalue weighted by atomic mass is 10.2. The third kappa shape index (κ3) is 9.28. The van der Waals surface area contributed by atoms with Crippen molar-refractivity contribution in [3.63, 3.8) is 0 Å². The van der Waals surface area contributed by atoms with Gasteiger partial charge in [-0.2, -0.15) is 0 Å². The summed E-state index contributed by atoms with van der Waals surface area (Å²) >= 11 is 9.20. The Morgan fingerprint density at radius 2 is 2.00 bits per heavy atom. The van der Waals surface area contributed by atoms with Crippen molar-refractivity contribution >= 4 is 47.8 Å². The van der Waals surface area contributed by atoms with Crippen LogP contribution < -0.4 is 0 Å². The Morgan fingerprint density at radius 1 is 1.45 bits per heavy atom. The third-order valence-corrected chi connectivity index (χ3v) is 2.75. The molecule has 0 saturated heterocycles. The number of halogens is 4. The van der Waals surface area contributed by atoms with Crippen LogP contribution in [-0.2, 0) is 0 Å². The Bertz CT molecular complexity index is 100. The molecule has 0 heterocycles. The number of unbranched alkanes of at least 4 members (excludes halogenated alkanes) is 1. The van der Waals surface area contributed by atoms with Gasteiger partial charge in [-0.1, -0.05) is 35.7 Å². The molecule has 1 atom stereocenters. The molecule has 0 nitrogen and oxygen atoms in total. The van der Waals surface area contributed by atoms with Crippen molar-refractivity contribution < 1.29 is 4.39 Å². The van der Waals surface area contributed by atoms with Crippen LogP contribution in [0.3, 0.4) is 0 Å². The normalized spacial score (nSPS) is 15.0. The number of rotatable bonds is 5. The molecule has 0 rings (SSSR count). The molecule has 4 heteroatoms. The van der Waals surface area contributed by atoms with E-state index in [1.54, 1.807) is 0 Å². The minimum Gasteiger partial charge on any atom is -0.219 e. The van der Waals surface area contributed by atoms with E-state index in [1.807, 2.05) is 0 Å². The predicted octanol–water partition coefficient (Wildman–Crippen LogP) is 4.74. The summed E-state index contributed by atoms with van der Waals surface area (Å²) in [6.07, 6.45) is 3.78. The molecule has 68 valence electrons. The average Bonchev–Trinajstić information content (AvgIpc) is 1.79. The first-order chi connectivity index (χ1) is 4.95. The summed E-state index contributed by atoms with van der Waals surface area (Å²) in [5.41, 5.74) is 0. The van der Waals surface area contributed by atoms with Gasteiger partial charge in [0.1, 0.15) is 0 Å². The summed E-state index contributed by atoms with van der Waals surface area (Å²) in [7, 11) is 0. The van der Waals surface area contributed by atoms with E-state index in [9.17, 15) is 4.39 Å². The van der Waals surface area contributed by atoms with Crippen LogP contribution in [-0.4, -0.2) is 8.31 Å². The molecule has 0 aromatic carbocycles. The van der Waals surface area contributed by atoms with E-state index in [4.69, 9.17) is 0 Å². The lowest BCUT2D eigenvalue weighted by Crippen LogP contribution is -2.10. The molecule has 0 aromatic rings. The fourth-order valence-corrected chi connectivity index (χ4v) is 3.20. The lowest BCUT2D eigenvalue weighted by molar-refractivity contribution is 0.399. The maximum atomic E-state index is 12.9. The van der Waals surface area contributed by atoms with Crippen molar-refractivity contribution in [3.05, 3.63) is 0 Å². The smallest absolute Gasteiger partial charge is 0.219 e. The fourth-order valence-electron chi connectivity index (χ4n) is 0.779. The first kappa shape index (κ1) is 12.4. The zero-order valence-electron chi connectivity index (χ0n) is 6.42. The second-order valence-electron chi connectivity index (χ2n) is 2.56. The van der Waals surface area contributed by atoms with Crippen LogP contribution in [0.5, 0.6) is 0 Å². The van der Waals surface area contributed by atoms with E-state index in [0.29, 0.717) is 6.42 Å². The molecule has 0 aliphatic heterocycles. The second kappa shape index (κ2) is 5.92. The number of hydrogen-bond donors (Lipinski definition) is 0. The van der Waals surface area contributed by atoms with E-state index in [-0.39, 0.29) is 4.83 Å². The Balaban J connectivity index is 3.44. The second-order valence-corrected chi connectivity index (χ2v) is 7.43. The van der Waals surface area contributed by atoms with Crippen LogP contribution >= 0.6 is 47.8 Å². The highest BCUT2D eigenvalue weighted by Crippen LogP contribution is 2.36. The van der Waals surface area contributed by atoms with Gasteiger partial charge >= 0.3 is 0 Å². The van der Waals surface area contributed by atoms with E-state index < -0.39 is 3.49 Å². The molecule has 0 aromatic heterocycles. The standard InChI is InChI=1S/C7H12Br3F/c1-2-3-4-6(8)5-7(9,10)11/h6H,2-5H2,1H3. The highest BCUT2D eigenvalue weighted by Gasteiger charge is 2.24. The van der Waals surface area contributed by atoms with Crippen molar-refractivity contribution in [3.8, 4) is 0 Å². The molecule has 0 fully saturated rings. The Kier molecular flexibility index (Phi) is 6.66. The molecular weight excluding hydrogens is 343 g/mol. The molecular formula is C7H12Br3F. The van der Waals surface area contributed by atoms with Gasteiger partial charge in [-0.15, -0.1) is 0 Å². The molecule has 0 N–H and O–H groups in total. The van der Waals surface area contributed by atoms with Gasteiger partial charge in [0, 0.05) is 11.2 Å². The van der Waals surface area contributed by atoms with Gasteiger partial charge in [0.25, 0.3) is 0 Å². The van der Waals surface area contributed by atoms with Crippen molar-refractivity contribution in [2.75, 3.05) is 0 Å². The van der Waals surface area contributed by atoms with Gasteiger partial charge in [0.05, 0.1) is 0 Å². The summed E-state index contributed by atoms with van der Waals surface area (Å²) in [6, 6.07) is 0. The molecule has 0 spiro atoms. The van der Waals surface area contributed by atoms with Crippen LogP contribution in [0.2, 0.25) is 0 Å². The first-order valence-corrected chi connectivity index (χ1v) is 6.16. The molecule has 0 saturated carbocycles. The molecule has 0 bridgehead atoms. The lowest BCUT2D eigenvalue weighted by Gasteiger charge is -2.14. The van der Waals surface area contributed by atoms with E-state index in [0.717, 1.165) is 19.3 Å². The SMILES string of the molecule is CCCCC(Br)CC(F)(Br)Br. The van der Waals surface area contributed by atoms with Crippen molar-refractivity contribution in [2.24, 2.45) is 0 Å². The van der Waals surface area contributed by atoms with Gasteiger partial charge in [0.15, 0.2) is 0 Å². The zero-order chi connectivity index (χ0) is 8.91.